The first-order valence-corrected chi connectivity index (χ1v) is 6.55. The van der Waals surface area contributed by atoms with E-state index in [-0.39, 0.29) is 5.41 Å². The monoisotopic (exact) mass is 237 g/mol. The van der Waals surface area contributed by atoms with Crippen LogP contribution in [0.25, 0.3) is 0 Å². The van der Waals surface area contributed by atoms with Gasteiger partial charge in [0, 0.05) is 5.41 Å². The second kappa shape index (κ2) is 4.41. The van der Waals surface area contributed by atoms with Crippen molar-refractivity contribution in [1.82, 2.24) is 10.1 Å². The van der Waals surface area contributed by atoms with Crippen molar-refractivity contribution in [3.8, 4) is 0 Å². The molecule has 0 saturated heterocycles. The van der Waals surface area contributed by atoms with Crippen LogP contribution in [-0.2, 0) is 11.0 Å². The molecule has 17 heavy (non-hydrogen) atoms. The average molecular weight is 237 g/mol. The van der Waals surface area contributed by atoms with Crippen LogP contribution in [0.5, 0.6) is 0 Å². The summed E-state index contributed by atoms with van der Waals surface area (Å²) < 4.78 is 5.40. The van der Waals surface area contributed by atoms with E-state index in [1.165, 1.54) is 12.8 Å². The first kappa shape index (κ1) is 12.6. The second-order valence-corrected chi connectivity index (χ2v) is 6.24. The topological polar surface area (TPSA) is 64.9 Å². The van der Waals surface area contributed by atoms with E-state index in [1.54, 1.807) is 0 Å². The molecule has 0 radical (unpaired) electrons. The quantitative estimate of drug-likeness (QED) is 0.763. The summed E-state index contributed by atoms with van der Waals surface area (Å²) in [6.07, 6.45) is 6.75. The highest BCUT2D eigenvalue weighted by molar-refractivity contribution is 5.07. The predicted molar refractivity (Wildman–Crippen MR) is 66.6 cm³/mol. The lowest BCUT2D eigenvalue weighted by Gasteiger charge is -2.23. The fraction of sp³-hybridized carbons (Fsp3) is 0.846. The van der Waals surface area contributed by atoms with Crippen molar-refractivity contribution in [3.05, 3.63) is 11.7 Å². The molecule has 0 atom stereocenters. The summed E-state index contributed by atoms with van der Waals surface area (Å²) in [4.78, 5) is 4.52. The molecular weight excluding hydrogens is 214 g/mol. The maximum Gasteiger partial charge on any atom is 0.246 e. The zero-order chi connectivity index (χ0) is 12.5. The van der Waals surface area contributed by atoms with Gasteiger partial charge in [0.15, 0.2) is 5.82 Å². The molecule has 0 bridgehead atoms. The molecule has 0 aliphatic heterocycles. The lowest BCUT2D eigenvalue weighted by atomic mass is 9.91. The molecule has 1 aliphatic rings. The zero-order valence-electron chi connectivity index (χ0n) is 11.1. The fourth-order valence-corrected chi connectivity index (χ4v) is 2.30. The van der Waals surface area contributed by atoms with Crippen molar-refractivity contribution in [2.24, 2.45) is 5.73 Å². The minimum atomic E-state index is -0.396. The molecule has 1 saturated carbocycles. The van der Waals surface area contributed by atoms with Crippen molar-refractivity contribution in [2.75, 3.05) is 0 Å². The van der Waals surface area contributed by atoms with Crippen LogP contribution in [0.1, 0.15) is 71.0 Å². The largest absolute Gasteiger partial charge is 0.337 e. The molecule has 2 N–H and O–H groups in total. The van der Waals surface area contributed by atoms with Gasteiger partial charge in [0.1, 0.15) is 0 Å². The summed E-state index contributed by atoms with van der Waals surface area (Å²) in [5.74, 6) is 1.38. The molecule has 0 spiro atoms. The van der Waals surface area contributed by atoms with Gasteiger partial charge in [-0.3, -0.25) is 0 Å². The normalized spacial score (nSPS) is 21.2. The van der Waals surface area contributed by atoms with E-state index in [1.807, 2.05) is 0 Å². The van der Waals surface area contributed by atoms with E-state index in [2.05, 4.69) is 30.9 Å². The van der Waals surface area contributed by atoms with Crippen molar-refractivity contribution in [1.29, 1.82) is 0 Å². The molecular formula is C13H23N3O. The molecule has 2 rings (SSSR count). The van der Waals surface area contributed by atoms with Gasteiger partial charge in [0.25, 0.3) is 0 Å². The third-order valence-electron chi connectivity index (χ3n) is 3.52. The van der Waals surface area contributed by atoms with Crippen LogP contribution >= 0.6 is 0 Å². The first-order chi connectivity index (χ1) is 7.92. The van der Waals surface area contributed by atoms with Gasteiger partial charge < -0.3 is 10.3 Å². The minimum absolute atomic E-state index is 0.0805. The summed E-state index contributed by atoms with van der Waals surface area (Å²) in [5, 5.41) is 4.07. The summed E-state index contributed by atoms with van der Waals surface area (Å²) in [6.45, 7) is 6.24. The Bertz CT molecular complexity index is 370. The lowest BCUT2D eigenvalue weighted by molar-refractivity contribution is 0.255. The van der Waals surface area contributed by atoms with Crippen LogP contribution in [0.2, 0.25) is 0 Å². The van der Waals surface area contributed by atoms with Gasteiger partial charge in [-0.2, -0.15) is 4.98 Å². The Hall–Kier alpha value is -0.900. The predicted octanol–water partition coefficient (Wildman–Crippen LogP) is 2.88. The van der Waals surface area contributed by atoms with E-state index in [0.717, 1.165) is 31.5 Å². The molecule has 1 fully saturated rings. The van der Waals surface area contributed by atoms with Gasteiger partial charge in [-0.1, -0.05) is 51.6 Å². The zero-order valence-corrected chi connectivity index (χ0v) is 11.1. The second-order valence-electron chi connectivity index (χ2n) is 6.24. The molecule has 1 heterocycles. The van der Waals surface area contributed by atoms with Gasteiger partial charge in [-0.25, -0.2) is 0 Å². The molecule has 4 nitrogen and oxygen atoms in total. The van der Waals surface area contributed by atoms with Crippen molar-refractivity contribution in [3.63, 3.8) is 0 Å². The van der Waals surface area contributed by atoms with Crippen LogP contribution in [-0.4, -0.2) is 10.1 Å². The van der Waals surface area contributed by atoms with Crippen molar-refractivity contribution >= 4 is 0 Å². The lowest BCUT2D eigenvalue weighted by Crippen LogP contribution is -2.36. The van der Waals surface area contributed by atoms with Crippen molar-refractivity contribution in [2.45, 2.75) is 70.3 Å². The van der Waals surface area contributed by atoms with E-state index in [9.17, 15) is 0 Å². The molecule has 0 unspecified atom stereocenters. The van der Waals surface area contributed by atoms with E-state index in [4.69, 9.17) is 10.3 Å². The summed E-state index contributed by atoms with van der Waals surface area (Å²) >= 11 is 0. The van der Waals surface area contributed by atoms with Crippen LogP contribution in [0.3, 0.4) is 0 Å². The maximum absolute atomic E-state index is 6.44. The highest BCUT2D eigenvalue weighted by atomic mass is 16.5. The Kier molecular flexibility index (Phi) is 3.25. The fourth-order valence-electron chi connectivity index (χ4n) is 2.30. The summed E-state index contributed by atoms with van der Waals surface area (Å²) in [6, 6.07) is 0. The number of nitrogens with zero attached hydrogens (tertiary/aromatic N) is 2. The van der Waals surface area contributed by atoms with E-state index >= 15 is 0 Å². The van der Waals surface area contributed by atoms with Crippen molar-refractivity contribution < 1.29 is 4.52 Å². The standard InChI is InChI=1S/C13H23N3O/c1-12(2,3)10-15-11(17-16-10)13(14)8-6-4-5-7-9-13/h4-9,14H2,1-3H3. The smallest absolute Gasteiger partial charge is 0.246 e. The first-order valence-electron chi connectivity index (χ1n) is 6.55. The summed E-state index contributed by atoms with van der Waals surface area (Å²) in [5.41, 5.74) is 5.96. The number of aromatic nitrogens is 2. The van der Waals surface area contributed by atoms with Crippen LogP contribution in [0.4, 0.5) is 0 Å². The highest BCUT2D eigenvalue weighted by Crippen LogP contribution is 2.33. The number of hydrogen-bond acceptors (Lipinski definition) is 4. The Balaban J connectivity index is 2.23. The molecule has 4 heteroatoms. The minimum Gasteiger partial charge on any atom is -0.337 e. The highest BCUT2D eigenvalue weighted by Gasteiger charge is 2.35. The Morgan fingerprint density at radius 2 is 1.71 bits per heavy atom. The van der Waals surface area contributed by atoms with E-state index < -0.39 is 5.54 Å². The average Bonchev–Trinajstić information content (AvgIpc) is 2.64. The van der Waals surface area contributed by atoms with E-state index in [0.29, 0.717) is 5.89 Å². The van der Waals surface area contributed by atoms with Gasteiger partial charge in [0.2, 0.25) is 5.89 Å². The number of nitrogens with two attached hydrogens (primary N) is 1. The van der Waals surface area contributed by atoms with Gasteiger partial charge in [-0.15, -0.1) is 0 Å². The third-order valence-corrected chi connectivity index (χ3v) is 3.52. The van der Waals surface area contributed by atoms with Gasteiger partial charge in [-0.05, 0) is 12.8 Å². The number of hydrogen-bond donors (Lipinski definition) is 1. The van der Waals surface area contributed by atoms with Crippen LogP contribution < -0.4 is 5.73 Å². The maximum atomic E-state index is 6.44. The molecule has 1 aliphatic carbocycles. The molecule has 1 aromatic rings. The van der Waals surface area contributed by atoms with Crippen LogP contribution in [0, 0.1) is 0 Å². The molecule has 96 valence electrons. The number of rotatable bonds is 1. The Morgan fingerprint density at radius 3 is 2.18 bits per heavy atom. The summed E-state index contributed by atoms with van der Waals surface area (Å²) in [7, 11) is 0. The molecule has 0 amide bonds. The van der Waals surface area contributed by atoms with Gasteiger partial charge >= 0.3 is 0 Å². The van der Waals surface area contributed by atoms with Crippen LogP contribution in [0.15, 0.2) is 4.52 Å². The molecule has 0 aromatic carbocycles. The molecule has 1 aromatic heterocycles. The Labute approximate surface area is 103 Å². The Morgan fingerprint density at radius 1 is 1.12 bits per heavy atom. The SMILES string of the molecule is CC(C)(C)c1noc(C2(N)CCCCCC2)n1. The van der Waals surface area contributed by atoms with Gasteiger partial charge in [0.05, 0.1) is 5.54 Å². The third kappa shape index (κ3) is 2.68.